The Kier molecular flexibility index (Phi) is 16.4. The largest absolute Gasteiger partial charge is 4.00 e. The molecule has 0 aliphatic heterocycles. The quantitative estimate of drug-likeness (QED) is 0.0984. The van der Waals surface area contributed by atoms with Crippen molar-refractivity contribution in [1.29, 1.82) is 5.26 Å². The molecule has 2 heterocycles. The number of nitrogens with zero attached hydrogens (tertiary/aromatic N) is 5. The minimum absolute atomic E-state index is 0. The number of likely N-dealkylation sites (N-methyl/N-ethyl adjacent to an activating group) is 2. The number of anilines is 2. The molecule has 1 saturated carbocycles. The van der Waals surface area contributed by atoms with Crippen LogP contribution in [0.4, 0.5) is 37.7 Å². The van der Waals surface area contributed by atoms with Gasteiger partial charge in [-0.1, -0.05) is 49.2 Å². The Morgan fingerprint density at radius 2 is 0.980 bits per heavy atom. The fourth-order valence-corrected chi connectivity index (χ4v) is 5.10. The zero-order valence-electron chi connectivity index (χ0n) is 26.5. The van der Waals surface area contributed by atoms with E-state index in [-0.39, 0.29) is 17.1 Å². The number of alkyl halides is 6. The standard InChI is InChI=1S/C26H28N4.C2H3N.2CHF3O3S.Fe/c1-29(23-15-5-9-19-11-7-17-27-25(19)23)21-13-3-4-14-22(21)30(2)24-16-6-10-20-12-8-18-28-26(20)24;1-2-3;2*2-1(3,4)8(5,6)7;/h5-12,15-18,21-22H,3-4,13-14H2,1-2H3;1H3;2*(H,5,6,7);/q;;;;+4/p-2/t21-,22-;;;;/m0..../s1. The Balaban J connectivity index is 0.000000519. The Hall–Kier alpha value is -3.73. The van der Waals surface area contributed by atoms with Crippen molar-refractivity contribution in [3.8, 4) is 6.07 Å². The molecule has 50 heavy (non-hydrogen) atoms. The third kappa shape index (κ3) is 12.0. The topological polar surface area (TPSA) is 170 Å². The molecule has 1 aliphatic rings. The van der Waals surface area contributed by atoms with E-state index in [0.717, 1.165) is 11.0 Å². The van der Waals surface area contributed by atoms with Crippen molar-refractivity contribution < 1.29 is 69.4 Å². The first-order valence-corrected chi connectivity index (χ1v) is 17.0. The fraction of sp³-hybridized carbons (Fsp3) is 0.367. The molecule has 0 N–H and O–H groups in total. The van der Waals surface area contributed by atoms with Crippen LogP contribution in [0.3, 0.4) is 0 Å². The molecule has 4 aromatic rings. The van der Waals surface area contributed by atoms with Gasteiger partial charge < -0.3 is 18.9 Å². The third-order valence-corrected chi connectivity index (χ3v) is 8.37. The van der Waals surface area contributed by atoms with Gasteiger partial charge in [-0.05, 0) is 37.1 Å². The van der Waals surface area contributed by atoms with Gasteiger partial charge in [0.2, 0.25) is 0 Å². The van der Waals surface area contributed by atoms with Crippen molar-refractivity contribution in [3.05, 3.63) is 73.1 Å². The van der Waals surface area contributed by atoms with Crippen LogP contribution in [0.25, 0.3) is 21.8 Å². The van der Waals surface area contributed by atoms with E-state index in [1.54, 1.807) is 6.07 Å². The van der Waals surface area contributed by atoms with Crippen molar-refractivity contribution in [1.82, 2.24) is 9.97 Å². The summed E-state index contributed by atoms with van der Waals surface area (Å²) >= 11 is 0. The van der Waals surface area contributed by atoms with Crippen LogP contribution in [0, 0.1) is 11.3 Å². The summed E-state index contributed by atoms with van der Waals surface area (Å²) in [7, 11) is -7.71. The number of rotatable bonds is 4. The van der Waals surface area contributed by atoms with Gasteiger partial charge in [-0.25, -0.2) is 16.8 Å². The van der Waals surface area contributed by atoms with Gasteiger partial charge >= 0.3 is 28.1 Å². The zero-order valence-corrected chi connectivity index (χ0v) is 29.3. The number of benzene rings is 2. The number of hydrogen-bond donors (Lipinski definition) is 0. The zero-order chi connectivity index (χ0) is 37.2. The molecule has 11 nitrogen and oxygen atoms in total. The second kappa shape index (κ2) is 18.5. The normalized spacial score (nSPS) is 16.1. The van der Waals surface area contributed by atoms with Crippen molar-refractivity contribution in [3.63, 3.8) is 0 Å². The molecule has 2 aromatic carbocycles. The predicted octanol–water partition coefficient (Wildman–Crippen LogP) is 6.30. The van der Waals surface area contributed by atoms with E-state index < -0.39 is 31.3 Å². The Morgan fingerprint density at radius 3 is 1.26 bits per heavy atom. The summed E-state index contributed by atoms with van der Waals surface area (Å²) in [4.78, 5) is 14.3. The van der Waals surface area contributed by atoms with Crippen LogP contribution in [-0.4, -0.2) is 73.1 Å². The van der Waals surface area contributed by atoms with Gasteiger partial charge in [0.1, 0.15) is 0 Å². The molecule has 1 fully saturated rings. The second-order valence-electron chi connectivity index (χ2n) is 10.4. The Bertz CT molecular complexity index is 1820. The first kappa shape index (κ1) is 44.3. The molecule has 2 atom stereocenters. The summed E-state index contributed by atoms with van der Waals surface area (Å²) < 4.78 is 118. The van der Waals surface area contributed by atoms with Crippen molar-refractivity contribution in [2.24, 2.45) is 0 Å². The maximum Gasteiger partial charge on any atom is 4.00 e. The van der Waals surface area contributed by atoms with E-state index in [0.29, 0.717) is 12.1 Å². The van der Waals surface area contributed by atoms with Crippen LogP contribution in [0.1, 0.15) is 32.6 Å². The number of para-hydroxylation sites is 2. The summed E-state index contributed by atoms with van der Waals surface area (Å²) in [5.74, 6) is 0. The molecule has 272 valence electrons. The smallest absolute Gasteiger partial charge is 0.741 e. The van der Waals surface area contributed by atoms with Crippen LogP contribution in [0.5, 0.6) is 0 Å². The first-order valence-electron chi connectivity index (χ1n) is 14.1. The number of halogens is 6. The Morgan fingerprint density at radius 1 is 0.700 bits per heavy atom. The van der Waals surface area contributed by atoms with Gasteiger partial charge in [0.15, 0.2) is 20.2 Å². The minimum Gasteiger partial charge on any atom is -0.741 e. The van der Waals surface area contributed by atoms with Crippen LogP contribution in [-0.2, 0) is 37.3 Å². The van der Waals surface area contributed by atoms with E-state index in [1.807, 2.05) is 24.5 Å². The molecule has 1 aliphatic carbocycles. The maximum absolute atomic E-state index is 10.7. The molecule has 5 rings (SSSR count). The Labute approximate surface area is 295 Å². The molecule has 0 unspecified atom stereocenters. The monoisotopic (exact) mass is 791 g/mol. The SMILES string of the molecule is CC#N.CN(c1cccc2cccnc12)[C@H]1CCCC[C@@H]1N(C)c1cccc2cccnc12.O=S(=O)([O-])C(F)(F)F.O=S(=O)([O-])C(F)(F)F.[Fe+4]. The average Bonchev–Trinajstić information content (AvgIpc) is 3.03. The number of hydrogen-bond acceptors (Lipinski definition) is 11. The van der Waals surface area contributed by atoms with Gasteiger partial charge in [0, 0.05) is 56.3 Å². The summed E-state index contributed by atoms with van der Waals surface area (Å²) in [6, 6.07) is 23.9. The molecule has 0 bridgehead atoms. The van der Waals surface area contributed by atoms with Gasteiger partial charge in [0.05, 0.1) is 28.5 Å². The van der Waals surface area contributed by atoms with Gasteiger partial charge in [0.25, 0.3) is 0 Å². The number of pyridine rings is 2. The first-order chi connectivity index (χ1) is 22.7. The summed E-state index contributed by atoms with van der Waals surface area (Å²) in [6.07, 6.45) is 8.70. The van der Waals surface area contributed by atoms with E-state index in [9.17, 15) is 26.3 Å². The molecular formula is C30H31F6FeN5O6S2+2. The number of aromatic nitrogens is 2. The molecule has 0 spiro atoms. The summed E-state index contributed by atoms with van der Waals surface area (Å²) in [6.45, 7) is 1.43. The van der Waals surface area contributed by atoms with Crippen LogP contribution in [0.15, 0.2) is 73.1 Å². The van der Waals surface area contributed by atoms with Crippen LogP contribution in [0.2, 0.25) is 0 Å². The molecular weight excluding hydrogens is 760 g/mol. The molecule has 20 heteroatoms. The van der Waals surface area contributed by atoms with Crippen molar-refractivity contribution >= 4 is 53.4 Å². The summed E-state index contributed by atoms with van der Waals surface area (Å²) in [5.41, 5.74) is -6.69. The van der Waals surface area contributed by atoms with Crippen LogP contribution < -0.4 is 9.80 Å². The molecule has 0 saturated heterocycles. The van der Waals surface area contributed by atoms with E-state index in [2.05, 4.69) is 72.4 Å². The van der Waals surface area contributed by atoms with E-state index in [4.69, 9.17) is 41.2 Å². The third-order valence-electron chi connectivity index (χ3n) is 7.24. The number of nitriles is 1. The van der Waals surface area contributed by atoms with Crippen molar-refractivity contribution in [2.75, 3.05) is 23.9 Å². The summed E-state index contributed by atoms with van der Waals surface area (Å²) in [5, 5.41) is 9.71. The molecule has 2 aromatic heterocycles. The minimum atomic E-state index is -6.09. The average molecular weight is 792 g/mol. The predicted molar refractivity (Wildman–Crippen MR) is 169 cm³/mol. The van der Waals surface area contributed by atoms with E-state index >= 15 is 0 Å². The molecule has 0 amide bonds. The van der Waals surface area contributed by atoms with Gasteiger partial charge in [-0.2, -0.15) is 31.6 Å². The van der Waals surface area contributed by atoms with Crippen molar-refractivity contribution in [2.45, 2.75) is 55.7 Å². The van der Waals surface area contributed by atoms with Crippen LogP contribution >= 0.6 is 0 Å². The fourth-order valence-electron chi connectivity index (χ4n) is 5.10. The number of fused-ring (bicyclic) bond motifs is 2. The van der Waals surface area contributed by atoms with E-state index in [1.165, 1.54) is 54.8 Å². The molecule has 0 radical (unpaired) electrons. The maximum atomic E-state index is 10.7. The van der Waals surface area contributed by atoms with Gasteiger partial charge in [-0.15, -0.1) is 0 Å². The second-order valence-corrected chi connectivity index (χ2v) is 13.1. The van der Waals surface area contributed by atoms with Gasteiger partial charge in [-0.3, -0.25) is 9.97 Å².